The van der Waals surface area contributed by atoms with Gasteiger partial charge in [-0.1, -0.05) is 82.7 Å². The molecule has 0 saturated carbocycles. The Labute approximate surface area is 306 Å². The molecule has 1 aliphatic heterocycles. The Balaban J connectivity index is 0.000000229. The second-order valence-electron chi connectivity index (χ2n) is 11.5. The molecule has 6 rings (SSSR count). The fourth-order valence-electron chi connectivity index (χ4n) is 4.99. The average Bonchev–Trinajstić information content (AvgIpc) is 3.83. The quantitative estimate of drug-likeness (QED) is 0.0419. The molecule has 0 saturated heterocycles. The molecule has 5 aromatic rings. The van der Waals surface area contributed by atoms with E-state index in [0.717, 1.165) is 45.1 Å². The summed E-state index contributed by atoms with van der Waals surface area (Å²) in [7, 11) is -6.09. The molecule has 0 bridgehead atoms. The van der Waals surface area contributed by atoms with Crippen LogP contribution in [-0.4, -0.2) is 66.3 Å². The maximum Gasteiger partial charge on any atom is 1.00 e. The van der Waals surface area contributed by atoms with Crippen molar-refractivity contribution < 1.29 is 48.5 Å². The third-order valence-corrected chi connectivity index (χ3v) is 8.15. The minimum atomic E-state index is -6.09. The number of aromatic amines is 2. The van der Waals surface area contributed by atoms with Crippen LogP contribution >= 0.6 is 0 Å². The summed E-state index contributed by atoms with van der Waals surface area (Å²) in [5, 5.41) is 0. The van der Waals surface area contributed by atoms with Gasteiger partial charge >= 0.3 is 27.9 Å². The SMILES string of the molecule is CCCCCCN1C=CN(CCCCCC)[CH-]1.O=S(=O)([O-])C(F)(F)F.[Au+].c1cc(-c2nc3ccccc3[nH]2)nc(-c2nc3ccccc3[nH]2)c1. The van der Waals surface area contributed by atoms with Crippen molar-refractivity contribution in [3.05, 3.63) is 85.8 Å². The van der Waals surface area contributed by atoms with Gasteiger partial charge in [0.1, 0.15) is 11.4 Å². The molecule has 4 heterocycles. The van der Waals surface area contributed by atoms with Gasteiger partial charge in [-0.25, -0.2) is 23.4 Å². The average molecular weight is 895 g/mol. The molecule has 50 heavy (non-hydrogen) atoms. The molecule has 0 atom stereocenters. The molecule has 10 nitrogen and oxygen atoms in total. The number of halogens is 3. The van der Waals surface area contributed by atoms with E-state index in [-0.39, 0.29) is 22.4 Å². The fourth-order valence-corrected chi connectivity index (χ4v) is 4.99. The molecule has 274 valence electrons. The van der Waals surface area contributed by atoms with Crippen molar-refractivity contribution in [1.29, 1.82) is 0 Å². The standard InChI is InChI=1S/C19H13N5.C15H29N2.CHF3O3S.Au/c1-2-7-13-12(6-1)21-18(22-13)16-10-5-11-17(20-16)19-23-14-8-3-4-9-15(14)24-19;1-3-5-7-9-11-16-13-14-17(15-16)12-10-8-6-4-2;2-1(3,4)8(5,6)7;/h1-11H,(H,21,22)(H,23,24);13-15H,3-12H2,1-2H3;(H,5,6,7);/q;-1;;+1/p-1. The zero-order chi connectivity index (χ0) is 35.3. The number of alkyl halides is 3. The zero-order valence-corrected chi connectivity index (χ0v) is 30.9. The van der Waals surface area contributed by atoms with Crippen LogP contribution in [0.5, 0.6) is 0 Å². The second kappa shape index (κ2) is 19.6. The summed E-state index contributed by atoms with van der Waals surface area (Å²) >= 11 is 0. The van der Waals surface area contributed by atoms with Crippen LogP contribution in [0.25, 0.3) is 45.1 Å². The van der Waals surface area contributed by atoms with Crippen LogP contribution in [-0.2, 0) is 32.5 Å². The smallest absolute Gasteiger partial charge is 0.741 e. The van der Waals surface area contributed by atoms with Gasteiger partial charge in [0, 0.05) is 0 Å². The number of H-pyrrole nitrogens is 2. The summed E-state index contributed by atoms with van der Waals surface area (Å²) in [6.07, 6.45) is 15.2. The molecule has 15 heteroatoms. The van der Waals surface area contributed by atoms with Crippen LogP contribution < -0.4 is 0 Å². The van der Waals surface area contributed by atoms with Crippen molar-refractivity contribution >= 4 is 32.2 Å². The molecule has 3 aromatic heterocycles. The van der Waals surface area contributed by atoms with Crippen molar-refractivity contribution in [2.45, 2.75) is 70.7 Å². The van der Waals surface area contributed by atoms with Gasteiger partial charge in [-0.2, -0.15) is 19.8 Å². The number of aromatic nitrogens is 5. The summed E-state index contributed by atoms with van der Waals surface area (Å²) in [4.78, 5) is 25.2. The predicted molar refractivity (Wildman–Crippen MR) is 185 cm³/mol. The van der Waals surface area contributed by atoms with Crippen LogP contribution in [0.4, 0.5) is 13.2 Å². The number of hydrogen-bond donors (Lipinski definition) is 2. The first-order chi connectivity index (χ1) is 23.5. The summed E-state index contributed by atoms with van der Waals surface area (Å²) in [5.74, 6) is 1.52. The number of rotatable bonds is 12. The molecular weight excluding hydrogens is 852 g/mol. The minimum Gasteiger partial charge on any atom is -0.741 e. The number of nitrogens with zero attached hydrogens (tertiary/aromatic N) is 5. The van der Waals surface area contributed by atoms with Crippen molar-refractivity contribution in [3.8, 4) is 23.0 Å². The predicted octanol–water partition coefficient (Wildman–Crippen LogP) is 8.57. The van der Waals surface area contributed by atoms with Gasteiger partial charge in [0.2, 0.25) is 0 Å². The van der Waals surface area contributed by atoms with Crippen LogP contribution in [0.2, 0.25) is 0 Å². The molecule has 2 N–H and O–H groups in total. The van der Waals surface area contributed by atoms with E-state index in [0.29, 0.717) is 0 Å². The van der Waals surface area contributed by atoms with E-state index in [1.54, 1.807) is 0 Å². The fraction of sp³-hybridized carbons (Fsp3) is 0.371. The Morgan fingerprint density at radius 3 is 1.48 bits per heavy atom. The molecule has 1 aliphatic rings. The summed E-state index contributed by atoms with van der Waals surface area (Å²) < 4.78 is 58.9. The molecular formula is C35H42AuF3N7O3S-. The number of unbranched alkanes of at least 4 members (excludes halogenated alkanes) is 6. The minimum absolute atomic E-state index is 0. The van der Waals surface area contributed by atoms with Gasteiger partial charge in [-0.05, 0) is 74.7 Å². The number of imidazole rings is 2. The maximum absolute atomic E-state index is 10.7. The molecule has 2 aromatic carbocycles. The normalized spacial score (nSPS) is 12.8. The van der Waals surface area contributed by atoms with Gasteiger partial charge in [0.05, 0.1) is 22.1 Å². The van der Waals surface area contributed by atoms with Crippen LogP contribution in [0, 0.1) is 6.67 Å². The number of hydrogen-bond acceptors (Lipinski definition) is 8. The Hall–Kier alpha value is -3.69. The first-order valence-corrected chi connectivity index (χ1v) is 17.8. The van der Waals surface area contributed by atoms with Gasteiger partial charge in [0.15, 0.2) is 21.8 Å². The molecule has 0 radical (unpaired) electrons. The van der Waals surface area contributed by atoms with Crippen LogP contribution in [0.3, 0.4) is 0 Å². The Morgan fingerprint density at radius 1 is 0.680 bits per heavy atom. The largest absolute Gasteiger partial charge is 1.00 e. The summed E-state index contributed by atoms with van der Waals surface area (Å²) in [6, 6.07) is 21.8. The molecule has 0 amide bonds. The van der Waals surface area contributed by atoms with E-state index in [1.807, 2.05) is 66.7 Å². The van der Waals surface area contributed by atoms with Crippen molar-refractivity contribution in [1.82, 2.24) is 34.7 Å². The van der Waals surface area contributed by atoms with Crippen LogP contribution in [0.15, 0.2) is 79.1 Å². The van der Waals surface area contributed by atoms with E-state index >= 15 is 0 Å². The molecule has 0 unspecified atom stereocenters. The zero-order valence-electron chi connectivity index (χ0n) is 28.0. The van der Waals surface area contributed by atoms with Crippen molar-refractivity contribution in [2.75, 3.05) is 13.1 Å². The van der Waals surface area contributed by atoms with Gasteiger partial charge in [-0.15, -0.1) is 0 Å². The van der Waals surface area contributed by atoms with Crippen LogP contribution in [0.1, 0.15) is 65.2 Å². The topological polar surface area (TPSA) is 134 Å². The van der Waals surface area contributed by atoms with E-state index in [9.17, 15) is 13.2 Å². The maximum atomic E-state index is 10.7. The number of pyridine rings is 1. The third kappa shape index (κ3) is 12.3. The first kappa shape index (κ1) is 40.7. The van der Waals surface area contributed by atoms with E-state index < -0.39 is 15.6 Å². The summed E-state index contributed by atoms with van der Waals surface area (Å²) in [5.41, 5.74) is -0.181. The number of benzene rings is 2. The number of nitrogens with one attached hydrogen (secondary N) is 2. The van der Waals surface area contributed by atoms with E-state index in [2.05, 4.69) is 62.7 Å². The molecule has 0 fully saturated rings. The number of fused-ring (bicyclic) bond motifs is 2. The Morgan fingerprint density at radius 2 is 1.10 bits per heavy atom. The van der Waals surface area contributed by atoms with Crippen molar-refractivity contribution in [2.24, 2.45) is 0 Å². The monoisotopic (exact) mass is 894 g/mol. The van der Waals surface area contributed by atoms with Crippen molar-refractivity contribution in [3.63, 3.8) is 0 Å². The summed E-state index contributed by atoms with van der Waals surface area (Å²) in [6.45, 7) is 9.15. The molecule has 0 aliphatic carbocycles. The number of para-hydroxylation sites is 4. The van der Waals surface area contributed by atoms with E-state index in [4.69, 9.17) is 18.0 Å². The Kier molecular flexibility index (Phi) is 16.0. The van der Waals surface area contributed by atoms with Gasteiger partial charge in [-0.3, -0.25) is 0 Å². The van der Waals surface area contributed by atoms with Gasteiger partial charge in [0.25, 0.3) is 0 Å². The first-order valence-electron chi connectivity index (χ1n) is 16.4. The second-order valence-corrected chi connectivity index (χ2v) is 12.9. The third-order valence-electron chi connectivity index (χ3n) is 7.58. The van der Waals surface area contributed by atoms with Gasteiger partial charge < -0.3 is 24.3 Å². The molecule has 0 spiro atoms. The van der Waals surface area contributed by atoms with E-state index in [1.165, 1.54) is 64.5 Å². The Bertz CT molecular complexity index is 1720.